The molecule has 0 aliphatic heterocycles. The number of guanidine groups is 1. The second-order valence-corrected chi connectivity index (χ2v) is 6.51. The minimum absolute atomic E-state index is 0. The number of furan rings is 2. The van der Waals surface area contributed by atoms with E-state index in [1.807, 2.05) is 24.3 Å². The van der Waals surface area contributed by atoms with Crippen LogP contribution in [0.4, 0.5) is 0 Å². The van der Waals surface area contributed by atoms with Crippen LogP contribution in [0.5, 0.6) is 0 Å². The van der Waals surface area contributed by atoms with Crippen molar-refractivity contribution in [1.29, 1.82) is 0 Å². The zero-order chi connectivity index (χ0) is 16.6. The highest BCUT2D eigenvalue weighted by molar-refractivity contribution is 14.0. The van der Waals surface area contributed by atoms with Crippen LogP contribution in [-0.2, 0) is 13.0 Å². The van der Waals surface area contributed by atoms with E-state index in [4.69, 9.17) is 8.83 Å². The average molecular weight is 457 g/mol. The molecule has 0 aromatic carbocycles. The first kappa shape index (κ1) is 19.9. The van der Waals surface area contributed by atoms with Gasteiger partial charge < -0.3 is 19.5 Å². The van der Waals surface area contributed by atoms with Crippen molar-refractivity contribution in [2.24, 2.45) is 10.9 Å². The molecule has 2 heterocycles. The predicted octanol–water partition coefficient (Wildman–Crippen LogP) is 4.35. The van der Waals surface area contributed by atoms with Crippen molar-refractivity contribution < 1.29 is 8.83 Å². The van der Waals surface area contributed by atoms with Gasteiger partial charge in [-0.25, -0.2) is 4.99 Å². The van der Waals surface area contributed by atoms with Gasteiger partial charge in [0.05, 0.1) is 12.5 Å². The molecule has 2 aromatic heterocycles. The van der Waals surface area contributed by atoms with Crippen molar-refractivity contribution in [2.45, 2.75) is 51.6 Å². The Bertz CT molecular complexity index is 611. The topological polar surface area (TPSA) is 62.7 Å². The van der Waals surface area contributed by atoms with Crippen molar-refractivity contribution in [3.63, 3.8) is 0 Å². The Kier molecular flexibility index (Phi) is 8.37. The van der Waals surface area contributed by atoms with Crippen LogP contribution in [-0.4, -0.2) is 18.5 Å². The third-order valence-electron chi connectivity index (χ3n) is 4.65. The summed E-state index contributed by atoms with van der Waals surface area (Å²) in [6, 6.07) is 8.25. The zero-order valence-corrected chi connectivity index (χ0v) is 17.1. The van der Waals surface area contributed by atoms with Gasteiger partial charge in [-0.15, -0.1) is 24.0 Å². The highest BCUT2D eigenvalue weighted by atomic mass is 127. The quantitative estimate of drug-likeness (QED) is 0.385. The predicted molar refractivity (Wildman–Crippen MR) is 110 cm³/mol. The first-order valence-corrected chi connectivity index (χ1v) is 8.91. The molecule has 0 radical (unpaired) electrons. The van der Waals surface area contributed by atoms with E-state index in [1.54, 1.807) is 12.5 Å². The summed E-state index contributed by atoms with van der Waals surface area (Å²) in [5, 5.41) is 7.04. The fraction of sp³-hybridized carbons (Fsp3) is 0.526. The van der Waals surface area contributed by atoms with Gasteiger partial charge in [0.25, 0.3) is 0 Å². The lowest BCUT2D eigenvalue weighted by atomic mass is 9.86. The number of hydrogen-bond acceptors (Lipinski definition) is 3. The molecule has 2 aromatic rings. The minimum Gasteiger partial charge on any atom is -0.469 e. The molecule has 1 aliphatic carbocycles. The van der Waals surface area contributed by atoms with Crippen molar-refractivity contribution >= 4 is 29.9 Å². The molecule has 0 bridgehead atoms. The van der Waals surface area contributed by atoms with Gasteiger partial charge >= 0.3 is 0 Å². The van der Waals surface area contributed by atoms with Crippen molar-refractivity contribution in [3.8, 4) is 0 Å². The molecule has 6 heteroatoms. The first-order chi connectivity index (χ1) is 11.8. The minimum atomic E-state index is 0. The Morgan fingerprint density at radius 3 is 2.52 bits per heavy atom. The van der Waals surface area contributed by atoms with E-state index in [1.165, 1.54) is 25.7 Å². The third kappa shape index (κ3) is 6.41. The lowest BCUT2D eigenvalue weighted by molar-refractivity contribution is 0.306. The summed E-state index contributed by atoms with van der Waals surface area (Å²) in [5.41, 5.74) is 0. The lowest BCUT2D eigenvalue weighted by Crippen LogP contribution is -2.47. The van der Waals surface area contributed by atoms with Crippen LogP contribution in [0, 0.1) is 5.92 Å². The van der Waals surface area contributed by atoms with Crippen LogP contribution in [0.3, 0.4) is 0 Å². The summed E-state index contributed by atoms with van der Waals surface area (Å²) >= 11 is 0. The van der Waals surface area contributed by atoms with Crippen molar-refractivity contribution in [2.75, 3.05) is 6.54 Å². The number of hydrogen-bond donors (Lipinski definition) is 2. The van der Waals surface area contributed by atoms with Gasteiger partial charge in [-0.05, 0) is 43.0 Å². The van der Waals surface area contributed by atoms with Gasteiger partial charge in [0.15, 0.2) is 5.96 Å². The Balaban J connectivity index is 0.00000225. The number of nitrogens with one attached hydrogen (secondary N) is 2. The number of halogens is 1. The second-order valence-electron chi connectivity index (χ2n) is 6.51. The zero-order valence-electron chi connectivity index (χ0n) is 14.7. The molecule has 2 N–H and O–H groups in total. The molecule has 2 unspecified atom stereocenters. The summed E-state index contributed by atoms with van der Waals surface area (Å²) in [7, 11) is 0. The molecule has 5 nitrogen and oxygen atoms in total. The summed E-state index contributed by atoms with van der Waals surface area (Å²) in [6.07, 6.45) is 9.36. The largest absolute Gasteiger partial charge is 0.469 e. The van der Waals surface area contributed by atoms with Crippen LogP contribution in [0.1, 0.15) is 44.1 Å². The molecule has 0 saturated heterocycles. The SMILES string of the molecule is CC1CCCCC1NC(=NCc1ccco1)NCCc1ccco1.I. The Morgan fingerprint density at radius 2 is 1.84 bits per heavy atom. The summed E-state index contributed by atoms with van der Waals surface area (Å²) in [6.45, 7) is 3.66. The normalized spacial score (nSPS) is 20.8. The standard InChI is InChI=1S/C19H27N3O2.HI/c1-15-6-2-3-9-18(15)22-19(21-14-17-8-5-13-24-17)20-11-10-16-7-4-12-23-16;/h4-5,7-8,12-13,15,18H,2-3,6,9-11,14H2,1H3,(H2,20,21,22);1H. The smallest absolute Gasteiger partial charge is 0.191 e. The molecule has 1 aliphatic rings. The van der Waals surface area contributed by atoms with Crippen LogP contribution in [0.25, 0.3) is 0 Å². The van der Waals surface area contributed by atoms with Crippen LogP contribution in [0.2, 0.25) is 0 Å². The molecule has 0 amide bonds. The van der Waals surface area contributed by atoms with Gasteiger partial charge in [-0.2, -0.15) is 0 Å². The van der Waals surface area contributed by atoms with E-state index in [-0.39, 0.29) is 24.0 Å². The van der Waals surface area contributed by atoms with E-state index in [0.717, 1.165) is 30.4 Å². The second kappa shape index (κ2) is 10.5. The van der Waals surface area contributed by atoms with Gasteiger partial charge in [-0.3, -0.25) is 0 Å². The number of rotatable bonds is 6. The molecule has 0 spiro atoms. The van der Waals surface area contributed by atoms with Crippen LogP contribution >= 0.6 is 24.0 Å². The van der Waals surface area contributed by atoms with Crippen molar-refractivity contribution in [3.05, 3.63) is 48.3 Å². The van der Waals surface area contributed by atoms with Gasteiger partial charge in [-0.1, -0.05) is 19.8 Å². The summed E-state index contributed by atoms with van der Waals surface area (Å²) < 4.78 is 10.8. The maximum Gasteiger partial charge on any atom is 0.191 e. The fourth-order valence-corrected chi connectivity index (χ4v) is 3.18. The molecule has 3 rings (SSSR count). The Hall–Kier alpha value is -1.44. The van der Waals surface area contributed by atoms with E-state index in [2.05, 4.69) is 22.5 Å². The van der Waals surface area contributed by atoms with E-state index in [9.17, 15) is 0 Å². The lowest BCUT2D eigenvalue weighted by Gasteiger charge is -2.31. The molecule has 2 atom stereocenters. The fourth-order valence-electron chi connectivity index (χ4n) is 3.18. The van der Waals surface area contributed by atoms with Crippen LogP contribution < -0.4 is 10.6 Å². The van der Waals surface area contributed by atoms with Gasteiger partial charge in [0, 0.05) is 19.0 Å². The van der Waals surface area contributed by atoms with Crippen molar-refractivity contribution in [1.82, 2.24) is 10.6 Å². The molecule has 1 fully saturated rings. The molecule has 138 valence electrons. The number of nitrogens with zero attached hydrogens (tertiary/aromatic N) is 1. The van der Waals surface area contributed by atoms with E-state index in [0.29, 0.717) is 18.5 Å². The van der Waals surface area contributed by atoms with Crippen LogP contribution in [0.15, 0.2) is 50.6 Å². The van der Waals surface area contributed by atoms with E-state index >= 15 is 0 Å². The maximum absolute atomic E-state index is 5.39. The molecule has 1 saturated carbocycles. The van der Waals surface area contributed by atoms with Gasteiger partial charge in [0.2, 0.25) is 0 Å². The molecular formula is C19H28IN3O2. The third-order valence-corrected chi connectivity index (χ3v) is 4.65. The first-order valence-electron chi connectivity index (χ1n) is 8.91. The highest BCUT2D eigenvalue weighted by Crippen LogP contribution is 2.23. The molecular weight excluding hydrogens is 429 g/mol. The van der Waals surface area contributed by atoms with Gasteiger partial charge in [0.1, 0.15) is 18.1 Å². The Labute approximate surface area is 166 Å². The monoisotopic (exact) mass is 457 g/mol. The maximum atomic E-state index is 5.39. The highest BCUT2D eigenvalue weighted by Gasteiger charge is 2.22. The van der Waals surface area contributed by atoms with E-state index < -0.39 is 0 Å². The molecule has 25 heavy (non-hydrogen) atoms. The summed E-state index contributed by atoms with van der Waals surface area (Å²) in [5.74, 6) is 3.40. The average Bonchev–Trinajstić information content (AvgIpc) is 3.28. The summed E-state index contributed by atoms with van der Waals surface area (Å²) in [4.78, 5) is 4.68. The number of aliphatic imine (C=N–C) groups is 1. The Morgan fingerprint density at radius 1 is 1.12 bits per heavy atom.